The summed E-state index contributed by atoms with van der Waals surface area (Å²) in [5, 5.41) is 10.3. The van der Waals surface area contributed by atoms with Crippen LogP contribution in [0.25, 0.3) is 0 Å². The van der Waals surface area contributed by atoms with Gasteiger partial charge in [0.25, 0.3) is 0 Å². The van der Waals surface area contributed by atoms with Gasteiger partial charge in [0, 0.05) is 36.1 Å². The Bertz CT molecular complexity index is 604. The van der Waals surface area contributed by atoms with Crippen LogP contribution in [0, 0.1) is 5.41 Å². The van der Waals surface area contributed by atoms with Crippen molar-refractivity contribution in [2.75, 3.05) is 11.9 Å². The molecule has 2 atom stereocenters. The lowest BCUT2D eigenvalue weighted by molar-refractivity contribution is -0.166. The van der Waals surface area contributed by atoms with Crippen molar-refractivity contribution in [2.45, 2.75) is 83.3 Å². The van der Waals surface area contributed by atoms with E-state index in [1.54, 1.807) is 0 Å². The average Bonchev–Trinajstić information content (AvgIpc) is 2.87. The first-order valence-electron chi connectivity index (χ1n) is 9.65. The molecule has 6 heteroatoms. The van der Waals surface area contributed by atoms with E-state index in [1.807, 2.05) is 26.8 Å². The molecule has 1 amide bonds. The van der Waals surface area contributed by atoms with Crippen LogP contribution >= 0.6 is 0 Å². The van der Waals surface area contributed by atoms with Crippen molar-refractivity contribution in [3.8, 4) is 0 Å². The number of ether oxygens (including phenoxy) is 1. The summed E-state index contributed by atoms with van der Waals surface area (Å²) in [7, 11) is 0. The van der Waals surface area contributed by atoms with Gasteiger partial charge in [-0.05, 0) is 19.8 Å². The van der Waals surface area contributed by atoms with Crippen molar-refractivity contribution >= 4 is 11.7 Å². The smallest absolute Gasteiger partial charge is 0.246 e. The van der Waals surface area contributed by atoms with Crippen molar-refractivity contribution in [3.63, 3.8) is 0 Å². The number of nitrogens with zero attached hydrogens (tertiary/aromatic N) is 1. The van der Waals surface area contributed by atoms with E-state index < -0.39 is 11.0 Å². The summed E-state index contributed by atoms with van der Waals surface area (Å²) >= 11 is 0. The van der Waals surface area contributed by atoms with Crippen LogP contribution in [0.15, 0.2) is 6.07 Å². The van der Waals surface area contributed by atoms with Crippen molar-refractivity contribution in [1.82, 2.24) is 10.2 Å². The predicted molar refractivity (Wildman–Crippen MR) is 98.4 cm³/mol. The molecule has 4 N–H and O–H groups in total. The second-order valence-corrected chi connectivity index (χ2v) is 8.19. The van der Waals surface area contributed by atoms with Gasteiger partial charge in [0.2, 0.25) is 5.91 Å². The van der Waals surface area contributed by atoms with Crippen LogP contribution in [0.2, 0.25) is 0 Å². The zero-order valence-corrected chi connectivity index (χ0v) is 15.7. The molecule has 0 aliphatic heterocycles. The lowest BCUT2D eigenvalue weighted by atomic mass is 9.54. The number of nitrogens with one attached hydrogen (secondary N) is 2. The zero-order chi connectivity index (χ0) is 18.1. The number of rotatable bonds is 5. The third-order valence-electron chi connectivity index (χ3n) is 6.37. The predicted octanol–water partition coefficient (Wildman–Crippen LogP) is 3.32. The van der Waals surface area contributed by atoms with E-state index in [0.717, 1.165) is 5.69 Å². The topological polar surface area (TPSA) is 93.0 Å². The SMILES string of the molecule is CCOC1CC(N)(C(=O)Nc2cc(C3CCCCCC3)[nH]n2)C1(C)C. The van der Waals surface area contributed by atoms with Crippen molar-refractivity contribution in [2.24, 2.45) is 11.1 Å². The molecule has 1 aromatic heterocycles. The molecule has 6 nitrogen and oxygen atoms in total. The third-order valence-corrected chi connectivity index (χ3v) is 6.37. The highest BCUT2D eigenvalue weighted by Crippen LogP contribution is 2.50. The minimum atomic E-state index is -0.922. The molecule has 0 aromatic carbocycles. The molecule has 0 radical (unpaired) electrons. The molecule has 25 heavy (non-hydrogen) atoms. The Kier molecular flexibility index (Phi) is 5.21. The Morgan fingerprint density at radius 3 is 2.64 bits per heavy atom. The van der Waals surface area contributed by atoms with Crippen LogP contribution in [-0.4, -0.2) is 34.4 Å². The number of hydrogen-bond acceptors (Lipinski definition) is 4. The minimum Gasteiger partial charge on any atom is -0.378 e. The van der Waals surface area contributed by atoms with Gasteiger partial charge in [-0.3, -0.25) is 9.89 Å². The number of aromatic nitrogens is 2. The number of H-pyrrole nitrogens is 1. The quantitative estimate of drug-likeness (QED) is 0.712. The average molecular weight is 348 g/mol. The van der Waals surface area contributed by atoms with Gasteiger partial charge in [-0.25, -0.2) is 0 Å². The van der Waals surface area contributed by atoms with Gasteiger partial charge in [-0.2, -0.15) is 5.10 Å². The van der Waals surface area contributed by atoms with Gasteiger partial charge in [0.15, 0.2) is 5.82 Å². The van der Waals surface area contributed by atoms with Crippen LogP contribution in [0.1, 0.15) is 77.3 Å². The van der Waals surface area contributed by atoms with Gasteiger partial charge in [0.05, 0.1) is 6.10 Å². The Balaban J connectivity index is 1.64. The van der Waals surface area contributed by atoms with Crippen LogP contribution < -0.4 is 11.1 Å². The summed E-state index contributed by atoms with van der Waals surface area (Å²) in [5.74, 6) is 0.923. The lowest BCUT2D eigenvalue weighted by Crippen LogP contribution is -2.74. The van der Waals surface area contributed by atoms with E-state index in [1.165, 1.54) is 38.5 Å². The molecule has 1 aromatic rings. The monoisotopic (exact) mass is 348 g/mol. The molecule has 2 saturated carbocycles. The van der Waals surface area contributed by atoms with Crippen molar-refractivity contribution < 1.29 is 9.53 Å². The fraction of sp³-hybridized carbons (Fsp3) is 0.789. The Morgan fingerprint density at radius 2 is 2.04 bits per heavy atom. The Labute approximate surface area is 150 Å². The highest BCUT2D eigenvalue weighted by atomic mass is 16.5. The normalized spacial score (nSPS) is 29.7. The summed E-state index contributed by atoms with van der Waals surface area (Å²) < 4.78 is 5.70. The summed E-state index contributed by atoms with van der Waals surface area (Å²) in [6.45, 7) is 6.59. The van der Waals surface area contributed by atoms with Crippen molar-refractivity contribution in [1.29, 1.82) is 0 Å². The molecule has 3 rings (SSSR count). The number of carbonyl (C=O) groups excluding carboxylic acids is 1. The molecule has 2 unspecified atom stereocenters. The fourth-order valence-corrected chi connectivity index (χ4v) is 4.25. The molecular formula is C19H32N4O2. The number of carbonyl (C=O) groups is 1. The molecule has 0 saturated heterocycles. The first kappa shape index (κ1) is 18.4. The maximum Gasteiger partial charge on any atom is 0.246 e. The Morgan fingerprint density at radius 1 is 1.36 bits per heavy atom. The van der Waals surface area contributed by atoms with E-state index in [0.29, 0.717) is 24.8 Å². The molecule has 140 valence electrons. The largest absolute Gasteiger partial charge is 0.378 e. The number of aromatic amines is 1. The maximum absolute atomic E-state index is 12.8. The van der Waals surface area contributed by atoms with Gasteiger partial charge in [-0.15, -0.1) is 0 Å². The summed E-state index contributed by atoms with van der Waals surface area (Å²) in [6.07, 6.45) is 8.13. The van der Waals surface area contributed by atoms with E-state index in [2.05, 4.69) is 15.5 Å². The zero-order valence-electron chi connectivity index (χ0n) is 15.7. The number of nitrogens with two attached hydrogens (primary N) is 1. The molecule has 0 spiro atoms. The van der Waals surface area contributed by atoms with Crippen molar-refractivity contribution in [3.05, 3.63) is 11.8 Å². The number of anilines is 1. The van der Waals surface area contributed by atoms with E-state index in [-0.39, 0.29) is 12.0 Å². The second-order valence-electron chi connectivity index (χ2n) is 8.19. The van der Waals surface area contributed by atoms with E-state index >= 15 is 0 Å². The first-order chi connectivity index (χ1) is 11.9. The Hall–Kier alpha value is -1.40. The maximum atomic E-state index is 12.8. The summed E-state index contributed by atoms with van der Waals surface area (Å²) in [5.41, 5.74) is 6.24. The molecule has 1 heterocycles. The lowest BCUT2D eigenvalue weighted by Gasteiger charge is -2.57. The second kappa shape index (κ2) is 7.08. The van der Waals surface area contributed by atoms with Crippen LogP contribution in [0.4, 0.5) is 5.82 Å². The van der Waals surface area contributed by atoms with Crippen LogP contribution in [0.3, 0.4) is 0 Å². The summed E-state index contributed by atoms with van der Waals surface area (Å²) in [4.78, 5) is 12.8. The molecular weight excluding hydrogens is 316 g/mol. The van der Waals surface area contributed by atoms with Crippen LogP contribution in [-0.2, 0) is 9.53 Å². The minimum absolute atomic E-state index is 0.0222. The summed E-state index contributed by atoms with van der Waals surface area (Å²) in [6, 6.07) is 1.98. The van der Waals surface area contributed by atoms with Gasteiger partial charge in [0.1, 0.15) is 5.54 Å². The number of hydrogen-bond donors (Lipinski definition) is 3. The number of amides is 1. The van der Waals surface area contributed by atoms with Crippen LogP contribution in [0.5, 0.6) is 0 Å². The standard InChI is InChI=1S/C19H32N4O2/c1-4-25-15-12-19(20,18(15,2)3)17(24)21-16-11-14(22-23-16)13-9-7-5-6-8-10-13/h11,13,15H,4-10,12,20H2,1-3H3,(H2,21,22,23,24). The molecule has 2 aliphatic carbocycles. The third kappa shape index (κ3) is 3.34. The highest BCUT2D eigenvalue weighted by Gasteiger charge is 2.62. The first-order valence-corrected chi connectivity index (χ1v) is 9.65. The van der Waals surface area contributed by atoms with Gasteiger partial charge >= 0.3 is 0 Å². The molecule has 0 bridgehead atoms. The molecule has 2 aliphatic rings. The fourth-order valence-electron chi connectivity index (χ4n) is 4.25. The molecule has 2 fully saturated rings. The van der Waals surface area contributed by atoms with Gasteiger partial charge in [-0.1, -0.05) is 39.5 Å². The van der Waals surface area contributed by atoms with Gasteiger partial charge < -0.3 is 15.8 Å². The highest BCUT2D eigenvalue weighted by molar-refractivity contribution is 5.99. The van der Waals surface area contributed by atoms with E-state index in [4.69, 9.17) is 10.5 Å². The van der Waals surface area contributed by atoms with E-state index in [9.17, 15) is 4.79 Å².